The van der Waals surface area contributed by atoms with Crippen molar-refractivity contribution in [2.45, 2.75) is 0 Å². The third kappa shape index (κ3) is 5.91. The van der Waals surface area contributed by atoms with Gasteiger partial charge in [-0.2, -0.15) is 0 Å². The molecule has 0 saturated carbocycles. The molecule has 108 valence electrons. The van der Waals surface area contributed by atoms with Crippen molar-refractivity contribution in [3.63, 3.8) is 0 Å². The Bertz CT molecular complexity index is 697. The van der Waals surface area contributed by atoms with E-state index >= 15 is 0 Å². The molecular formula is C16H12I2O2S. The molecule has 0 heterocycles. The molecule has 2 aromatic rings. The van der Waals surface area contributed by atoms with Gasteiger partial charge in [0.05, 0.1) is 0 Å². The zero-order valence-corrected chi connectivity index (χ0v) is 16.0. The number of hydrogen-bond acceptors (Lipinski definition) is 2. The van der Waals surface area contributed by atoms with Crippen LogP contribution in [-0.4, -0.2) is 8.42 Å². The van der Waals surface area contributed by atoms with Crippen LogP contribution in [0.1, 0.15) is 11.1 Å². The summed E-state index contributed by atoms with van der Waals surface area (Å²) in [6.45, 7) is 0. The minimum Gasteiger partial charge on any atom is -0.220 e. The highest BCUT2D eigenvalue weighted by Gasteiger charge is 1.99. The first kappa shape index (κ1) is 16.7. The fourth-order valence-electron chi connectivity index (χ4n) is 1.54. The lowest BCUT2D eigenvalue weighted by Crippen LogP contribution is -1.88. The third-order valence-corrected chi connectivity index (χ3v) is 5.11. The molecule has 0 aromatic heterocycles. The van der Waals surface area contributed by atoms with Gasteiger partial charge < -0.3 is 0 Å². The monoisotopic (exact) mass is 522 g/mol. The van der Waals surface area contributed by atoms with E-state index in [1.54, 1.807) is 12.2 Å². The second-order valence-electron chi connectivity index (χ2n) is 4.30. The maximum Gasteiger partial charge on any atom is 0.193 e. The van der Waals surface area contributed by atoms with Crippen LogP contribution in [0, 0.1) is 7.14 Å². The smallest absolute Gasteiger partial charge is 0.193 e. The van der Waals surface area contributed by atoms with Gasteiger partial charge in [-0.15, -0.1) is 0 Å². The summed E-state index contributed by atoms with van der Waals surface area (Å²) in [5, 5.41) is 2.44. The fraction of sp³-hybridized carbons (Fsp3) is 0. The van der Waals surface area contributed by atoms with E-state index in [2.05, 4.69) is 45.2 Å². The third-order valence-electron chi connectivity index (χ3n) is 2.64. The van der Waals surface area contributed by atoms with Gasteiger partial charge in [-0.25, -0.2) is 8.42 Å². The van der Waals surface area contributed by atoms with E-state index in [0.717, 1.165) is 18.3 Å². The Morgan fingerprint density at radius 2 is 1.00 bits per heavy atom. The molecular weight excluding hydrogens is 510 g/mol. The van der Waals surface area contributed by atoms with Crippen LogP contribution in [0.4, 0.5) is 0 Å². The van der Waals surface area contributed by atoms with E-state index < -0.39 is 9.84 Å². The summed E-state index contributed by atoms with van der Waals surface area (Å²) < 4.78 is 26.1. The number of rotatable bonds is 4. The summed E-state index contributed by atoms with van der Waals surface area (Å²) >= 11 is 4.42. The van der Waals surface area contributed by atoms with Gasteiger partial charge in [-0.1, -0.05) is 24.3 Å². The Kier molecular flexibility index (Phi) is 6.00. The Balaban J connectivity index is 2.11. The van der Waals surface area contributed by atoms with Gasteiger partial charge in [0, 0.05) is 18.0 Å². The minimum absolute atomic E-state index is 0.863. The lowest BCUT2D eigenvalue weighted by molar-refractivity contribution is 0.613. The van der Waals surface area contributed by atoms with Gasteiger partial charge in [0.25, 0.3) is 0 Å². The molecule has 0 radical (unpaired) electrons. The topological polar surface area (TPSA) is 34.1 Å². The molecule has 21 heavy (non-hydrogen) atoms. The summed E-state index contributed by atoms with van der Waals surface area (Å²) in [5.41, 5.74) is 1.73. The molecule has 2 aromatic carbocycles. The van der Waals surface area contributed by atoms with Crippen molar-refractivity contribution in [3.8, 4) is 0 Å². The van der Waals surface area contributed by atoms with Gasteiger partial charge in [0.1, 0.15) is 0 Å². The highest BCUT2D eigenvalue weighted by molar-refractivity contribution is 14.1. The molecule has 0 bridgehead atoms. The predicted octanol–water partition coefficient (Wildman–Crippen LogP) is 4.95. The van der Waals surface area contributed by atoms with Crippen molar-refractivity contribution in [3.05, 3.63) is 77.6 Å². The molecule has 0 amide bonds. The van der Waals surface area contributed by atoms with Crippen LogP contribution in [0.25, 0.3) is 12.2 Å². The number of sulfone groups is 1. The summed E-state index contributed by atoms with van der Waals surface area (Å²) in [5.74, 6) is 0. The lowest BCUT2D eigenvalue weighted by atomic mass is 10.2. The van der Waals surface area contributed by atoms with Gasteiger partial charge in [0.2, 0.25) is 0 Å². The number of hydrogen-bond donors (Lipinski definition) is 0. The van der Waals surface area contributed by atoms with Gasteiger partial charge in [-0.05, 0) is 92.7 Å². The maximum absolute atomic E-state index is 11.9. The van der Waals surface area contributed by atoms with Gasteiger partial charge in [0.15, 0.2) is 9.84 Å². The quantitative estimate of drug-likeness (QED) is 0.533. The normalized spacial score (nSPS) is 12.3. The van der Waals surface area contributed by atoms with Crippen LogP contribution in [-0.2, 0) is 9.84 Å². The van der Waals surface area contributed by atoms with E-state index in [4.69, 9.17) is 0 Å². The van der Waals surface area contributed by atoms with Gasteiger partial charge in [-0.3, -0.25) is 0 Å². The van der Waals surface area contributed by atoms with E-state index in [1.165, 1.54) is 10.8 Å². The Morgan fingerprint density at radius 1 is 0.667 bits per heavy atom. The summed E-state index contributed by atoms with van der Waals surface area (Å²) in [4.78, 5) is 0. The average Bonchev–Trinajstić information content (AvgIpc) is 2.46. The molecule has 5 heteroatoms. The van der Waals surface area contributed by atoms with E-state index in [9.17, 15) is 8.42 Å². The van der Waals surface area contributed by atoms with E-state index in [0.29, 0.717) is 0 Å². The van der Waals surface area contributed by atoms with Crippen LogP contribution in [0.15, 0.2) is 59.3 Å². The van der Waals surface area contributed by atoms with Crippen molar-refractivity contribution >= 4 is 67.2 Å². The van der Waals surface area contributed by atoms with Crippen LogP contribution in [0.3, 0.4) is 0 Å². The molecule has 0 N–H and O–H groups in total. The SMILES string of the molecule is O=S(=O)(C=Cc1ccc(I)cc1)C=Cc1ccc(I)cc1. The largest absolute Gasteiger partial charge is 0.220 e. The molecule has 0 spiro atoms. The van der Waals surface area contributed by atoms with Crippen LogP contribution in [0.5, 0.6) is 0 Å². The van der Waals surface area contributed by atoms with Crippen LogP contribution >= 0.6 is 45.2 Å². The fourth-order valence-corrected chi connectivity index (χ4v) is 3.04. The zero-order chi connectivity index (χ0) is 15.3. The van der Waals surface area contributed by atoms with Crippen LogP contribution in [0.2, 0.25) is 0 Å². The van der Waals surface area contributed by atoms with Crippen molar-refractivity contribution < 1.29 is 8.42 Å². The van der Waals surface area contributed by atoms with Crippen molar-refractivity contribution in [1.82, 2.24) is 0 Å². The first-order valence-electron chi connectivity index (χ1n) is 6.07. The molecule has 0 aliphatic heterocycles. The van der Waals surface area contributed by atoms with Gasteiger partial charge >= 0.3 is 0 Å². The predicted molar refractivity (Wildman–Crippen MR) is 105 cm³/mol. The lowest BCUT2D eigenvalue weighted by Gasteiger charge is -1.95. The molecule has 0 aliphatic carbocycles. The number of halogens is 2. The van der Waals surface area contributed by atoms with Crippen molar-refractivity contribution in [2.75, 3.05) is 0 Å². The van der Waals surface area contributed by atoms with Crippen molar-refractivity contribution in [2.24, 2.45) is 0 Å². The standard InChI is InChI=1S/C16H12I2O2S/c17-15-5-1-13(2-6-15)9-11-21(19,20)12-10-14-3-7-16(18)8-4-14/h1-12H. The minimum atomic E-state index is -3.36. The highest BCUT2D eigenvalue weighted by Crippen LogP contribution is 2.12. The summed E-state index contributed by atoms with van der Waals surface area (Å²) in [6, 6.07) is 15.3. The highest BCUT2D eigenvalue weighted by atomic mass is 127. The zero-order valence-electron chi connectivity index (χ0n) is 10.9. The Hall–Kier alpha value is -0.670. The van der Waals surface area contributed by atoms with Crippen LogP contribution < -0.4 is 0 Å². The molecule has 0 saturated heterocycles. The molecule has 0 atom stereocenters. The summed E-state index contributed by atoms with van der Waals surface area (Å²) in [7, 11) is -3.36. The molecule has 2 rings (SSSR count). The maximum atomic E-state index is 11.9. The molecule has 0 fully saturated rings. The van der Waals surface area contributed by atoms with E-state index in [-0.39, 0.29) is 0 Å². The average molecular weight is 522 g/mol. The molecule has 0 aliphatic rings. The second kappa shape index (κ2) is 7.55. The Labute approximate surface area is 152 Å². The van der Waals surface area contributed by atoms with E-state index in [1.807, 2.05) is 48.5 Å². The van der Waals surface area contributed by atoms with Crippen molar-refractivity contribution in [1.29, 1.82) is 0 Å². The second-order valence-corrected chi connectivity index (χ2v) is 8.51. The first-order chi connectivity index (χ1) is 9.94. The summed E-state index contributed by atoms with van der Waals surface area (Å²) in [6.07, 6.45) is 3.20. The molecule has 2 nitrogen and oxygen atoms in total. The Morgan fingerprint density at radius 3 is 1.33 bits per heavy atom. The first-order valence-corrected chi connectivity index (χ1v) is 9.84. The number of benzene rings is 2. The molecule has 0 unspecified atom stereocenters.